The van der Waals surface area contributed by atoms with E-state index in [4.69, 9.17) is 9.73 Å². The molecule has 1 aromatic heterocycles. The molecule has 1 saturated heterocycles. The Morgan fingerprint density at radius 2 is 1.94 bits per heavy atom. The summed E-state index contributed by atoms with van der Waals surface area (Å²) in [4.78, 5) is 11.7. The lowest BCUT2D eigenvalue weighted by Crippen LogP contribution is -2.49. The van der Waals surface area contributed by atoms with Crippen LogP contribution in [0.3, 0.4) is 0 Å². The van der Waals surface area contributed by atoms with E-state index in [1.54, 1.807) is 0 Å². The molecule has 2 aliphatic rings. The minimum absolute atomic E-state index is 0.446. The van der Waals surface area contributed by atoms with E-state index in [9.17, 15) is 0 Å². The average molecular weight is 436 g/mol. The van der Waals surface area contributed by atoms with Crippen LogP contribution in [-0.2, 0) is 6.54 Å². The lowest BCUT2D eigenvalue weighted by atomic mass is 10.0. The van der Waals surface area contributed by atoms with E-state index in [0.29, 0.717) is 24.5 Å². The van der Waals surface area contributed by atoms with Gasteiger partial charge < -0.3 is 15.4 Å². The molecule has 0 amide bonds. The van der Waals surface area contributed by atoms with Gasteiger partial charge >= 0.3 is 0 Å². The first-order chi connectivity index (χ1) is 15.7. The molecule has 1 atom stereocenters. The van der Waals surface area contributed by atoms with Crippen molar-refractivity contribution in [3.63, 3.8) is 0 Å². The van der Waals surface area contributed by atoms with E-state index in [1.807, 2.05) is 18.3 Å². The van der Waals surface area contributed by atoms with Crippen LogP contribution in [0.2, 0.25) is 0 Å². The highest BCUT2D eigenvalue weighted by atomic mass is 16.5. The number of benzene rings is 1. The summed E-state index contributed by atoms with van der Waals surface area (Å²) in [6, 6.07) is 15.7. The fourth-order valence-electron chi connectivity index (χ4n) is 4.17. The molecule has 2 heterocycles. The minimum Gasteiger partial charge on any atom is -0.477 e. The number of hydrogen-bond acceptors (Lipinski definition) is 4. The third kappa shape index (κ3) is 6.70. The van der Waals surface area contributed by atoms with Crippen molar-refractivity contribution in [1.29, 1.82) is 0 Å². The van der Waals surface area contributed by atoms with E-state index in [1.165, 1.54) is 18.4 Å². The van der Waals surface area contributed by atoms with Crippen molar-refractivity contribution in [2.24, 2.45) is 10.9 Å². The molecular weight excluding hydrogens is 398 g/mol. The number of rotatable bonds is 9. The molecule has 32 heavy (non-hydrogen) atoms. The van der Waals surface area contributed by atoms with Crippen LogP contribution < -0.4 is 15.4 Å². The molecule has 2 fully saturated rings. The molecule has 1 saturated carbocycles. The second-order valence-electron chi connectivity index (χ2n) is 8.99. The molecule has 0 radical (unpaired) electrons. The minimum atomic E-state index is 0.446. The van der Waals surface area contributed by atoms with E-state index in [2.05, 4.69) is 64.7 Å². The van der Waals surface area contributed by atoms with Crippen molar-refractivity contribution < 1.29 is 4.74 Å². The van der Waals surface area contributed by atoms with Gasteiger partial charge in [-0.3, -0.25) is 4.90 Å². The van der Waals surface area contributed by atoms with Crippen molar-refractivity contribution in [2.75, 3.05) is 26.2 Å². The summed E-state index contributed by atoms with van der Waals surface area (Å²) >= 11 is 0. The summed E-state index contributed by atoms with van der Waals surface area (Å²) in [5.41, 5.74) is 2.51. The Balaban J connectivity index is 1.28. The van der Waals surface area contributed by atoms with Gasteiger partial charge in [-0.2, -0.15) is 0 Å². The molecule has 1 unspecified atom stereocenters. The van der Waals surface area contributed by atoms with Crippen LogP contribution in [0.1, 0.15) is 56.7 Å². The van der Waals surface area contributed by atoms with Crippen LogP contribution in [0, 0.1) is 5.92 Å². The summed E-state index contributed by atoms with van der Waals surface area (Å²) in [6.07, 6.45) is 6.63. The highest BCUT2D eigenvalue weighted by Gasteiger charge is 2.24. The fraction of sp³-hybridized carbons (Fsp3) is 0.538. The first kappa shape index (κ1) is 22.6. The summed E-state index contributed by atoms with van der Waals surface area (Å²) in [6.45, 7) is 8.86. The van der Waals surface area contributed by atoms with Crippen LogP contribution in [0.4, 0.5) is 0 Å². The lowest BCUT2D eigenvalue weighted by Gasteiger charge is -2.37. The number of ether oxygens (including phenoxy) is 1. The zero-order chi connectivity index (χ0) is 22.2. The van der Waals surface area contributed by atoms with Gasteiger partial charge in [0, 0.05) is 44.0 Å². The van der Waals surface area contributed by atoms with E-state index in [0.717, 1.165) is 56.5 Å². The number of piperidine rings is 1. The van der Waals surface area contributed by atoms with Gasteiger partial charge in [0.2, 0.25) is 5.88 Å². The van der Waals surface area contributed by atoms with Crippen molar-refractivity contribution in [1.82, 2.24) is 20.5 Å². The maximum Gasteiger partial charge on any atom is 0.213 e. The molecule has 1 aliphatic carbocycles. The molecule has 2 aromatic rings. The number of pyridine rings is 1. The van der Waals surface area contributed by atoms with Gasteiger partial charge in [0.05, 0.1) is 13.2 Å². The third-order valence-corrected chi connectivity index (χ3v) is 6.43. The number of aromatic nitrogens is 1. The topological polar surface area (TPSA) is 61.8 Å². The molecule has 2 N–H and O–H groups in total. The second kappa shape index (κ2) is 11.3. The second-order valence-corrected chi connectivity index (χ2v) is 8.99. The standard InChI is InChI=1S/C26H37N5O/c1-3-27-26(29-18-22-11-14-28-25(17-22)32-19-21-9-10-21)30-24-12-15-31(16-13-24)20(2)23-7-5-4-6-8-23/h4-8,11,14,17,20-21,24H,3,9-10,12-13,15-16,18-19H2,1-2H3,(H2,27,29,30). The number of likely N-dealkylation sites (tertiary alicyclic amines) is 1. The van der Waals surface area contributed by atoms with Gasteiger partial charge in [-0.1, -0.05) is 30.3 Å². The van der Waals surface area contributed by atoms with Crippen molar-refractivity contribution >= 4 is 5.96 Å². The zero-order valence-electron chi connectivity index (χ0n) is 19.5. The third-order valence-electron chi connectivity index (χ3n) is 6.43. The molecule has 4 rings (SSSR count). The normalized spacial score (nSPS) is 18.9. The SMILES string of the molecule is CCNC(=NCc1ccnc(OCC2CC2)c1)NC1CCN(C(C)c2ccccc2)CC1. The summed E-state index contributed by atoms with van der Waals surface area (Å²) in [5, 5.41) is 7.06. The van der Waals surface area contributed by atoms with Gasteiger partial charge in [-0.25, -0.2) is 9.98 Å². The van der Waals surface area contributed by atoms with Crippen LogP contribution >= 0.6 is 0 Å². The number of guanidine groups is 1. The Morgan fingerprint density at radius 1 is 1.16 bits per heavy atom. The Labute approximate surface area is 192 Å². The molecule has 1 aliphatic heterocycles. The van der Waals surface area contributed by atoms with E-state index >= 15 is 0 Å². The largest absolute Gasteiger partial charge is 0.477 e. The highest BCUT2D eigenvalue weighted by molar-refractivity contribution is 5.80. The van der Waals surface area contributed by atoms with Gasteiger partial charge in [0.15, 0.2) is 5.96 Å². The predicted octanol–water partition coefficient (Wildman–Crippen LogP) is 4.15. The van der Waals surface area contributed by atoms with Gasteiger partial charge in [0.25, 0.3) is 0 Å². The predicted molar refractivity (Wildman–Crippen MR) is 130 cm³/mol. The number of aliphatic imine (C=N–C) groups is 1. The summed E-state index contributed by atoms with van der Waals surface area (Å²) in [7, 11) is 0. The average Bonchev–Trinajstić information content (AvgIpc) is 3.67. The molecule has 172 valence electrons. The molecule has 0 spiro atoms. The van der Waals surface area contributed by atoms with Crippen molar-refractivity contribution in [2.45, 2.75) is 58.2 Å². The lowest BCUT2D eigenvalue weighted by molar-refractivity contribution is 0.158. The van der Waals surface area contributed by atoms with Gasteiger partial charge in [0.1, 0.15) is 0 Å². The molecule has 0 bridgehead atoms. The summed E-state index contributed by atoms with van der Waals surface area (Å²) < 4.78 is 5.81. The van der Waals surface area contributed by atoms with E-state index in [-0.39, 0.29) is 0 Å². The first-order valence-electron chi connectivity index (χ1n) is 12.1. The highest BCUT2D eigenvalue weighted by Crippen LogP contribution is 2.29. The summed E-state index contributed by atoms with van der Waals surface area (Å²) in [5.74, 6) is 2.33. The first-order valence-corrected chi connectivity index (χ1v) is 12.1. The number of nitrogens with one attached hydrogen (secondary N) is 2. The Kier molecular flexibility index (Phi) is 7.99. The maximum absolute atomic E-state index is 5.81. The fourth-order valence-corrected chi connectivity index (χ4v) is 4.17. The van der Waals surface area contributed by atoms with Crippen LogP contribution in [0.5, 0.6) is 5.88 Å². The quantitative estimate of drug-likeness (QED) is 0.458. The number of hydrogen-bond donors (Lipinski definition) is 2. The molecule has 6 heteroatoms. The Morgan fingerprint density at radius 3 is 2.66 bits per heavy atom. The smallest absolute Gasteiger partial charge is 0.213 e. The maximum atomic E-state index is 5.81. The van der Waals surface area contributed by atoms with E-state index < -0.39 is 0 Å². The zero-order valence-corrected chi connectivity index (χ0v) is 19.5. The van der Waals surface area contributed by atoms with Gasteiger partial charge in [-0.05, 0) is 62.6 Å². The number of nitrogens with zero attached hydrogens (tertiary/aromatic N) is 3. The van der Waals surface area contributed by atoms with Crippen LogP contribution in [-0.4, -0.2) is 48.1 Å². The Hall–Kier alpha value is -2.60. The van der Waals surface area contributed by atoms with Gasteiger partial charge in [-0.15, -0.1) is 0 Å². The van der Waals surface area contributed by atoms with Crippen LogP contribution in [0.25, 0.3) is 0 Å². The molecule has 6 nitrogen and oxygen atoms in total. The molecule has 1 aromatic carbocycles. The van der Waals surface area contributed by atoms with Crippen molar-refractivity contribution in [3.05, 3.63) is 59.8 Å². The van der Waals surface area contributed by atoms with Crippen molar-refractivity contribution in [3.8, 4) is 5.88 Å². The molecular formula is C26H37N5O. The monoisotopic (exact) mass is 435 g/mol. The van der Waals surface area contributed by atoms with Crippen LogP contribution in [0.15, 0.2) is 53.7 Å². The Bertz CT molecular complexity index is 860.